The molecule has 0 bridgehead atoms. The Morgan fingerprint density at radius 2 is 1.49 bits per heavy atom. The zero-order valence-electron chi connectivity index (χ0n) is 35.9. The highest BCUT2D eigenvalue weighted by atomic mass is 32.2. The number of hydrogen-bond acceptors (Lipinski definition) is 14. The minimum atomic E-state index is -4.99. The van der Waals surface area contributed by atoms with E-state index in [9.17, 15) is 41.7 Å². The minimum absolute atomic E-state index is 0.0212. The Hall–Kier alpha value is -6.71. The molecule has 1 aliphatic carbocycles. The first-order chi connectivity index (χ1) is 30.8. The largest absolute Gasteiger partial charge is 0.514 e. The van der Waals surface area contributed by atoms with Gasteiger partial charge in [0, 0.05) is 84.4 Å². The van der Waals surface area contributed by atoms with Crippen LogP contribution in [0.15, 0.2) is 86.9 Å². The maximum absolute atomic E-state index is 13.5. The van der Waals surface area contributed by atoms with Crippen LogP contribution in [0.5, 0.6) is 5.75 Å². The number of fused-ring (bicyclic) bond motifs is 2. The summed E-state index contributed by atoms with van der Waals surface area (Å²) in [5.41, 5.74) is 6.49. The molecule has 1 heterocycles. The van der Waals surface area contributed by atoms with Crippen LogP contribution in [0, 0.1) is 0 Å². The topological polar surface area (TPSA) is 289 Å². The van der Waals surface area contributed by atoms with E-state index in [4.69, 9.17) is 34.2 Å². The Kier molecular flexibility index (Phi) is 16.9. The van der Waals surface area contributed by atoms with Gasteiger partial charge in [0.2, 0.25) is 5.91 Å². The number of benzene rings is 4. The van der Waals surface area contributed by atoms with Gasteiger partial charge in [0.1, 0.15) is 27.6 Å². The number of nitrogens with two attached hydrogens (primary N) is 1. The number of rotatable bonds is 21. The molecule has 0 saturated carbocycles. The van der Waals surface area contributed by atoms with Gasteiger partial charge in [-0.25, -0.2) is 4.79 Å². The van der Waals surface area contributed by atoms with Crippen molar-refractivity contribution in [2.75, 3.05) is 39.5 Å². The lowest BCUT2D eigenvalue weighted by Gasteiger charge is -2.19. The van der Waals surface area contributed by atoms with Crippen molar-refractivity contribution in [2.24, 2.45) is 5.73 Å². The molecule has 0 radical (unpaired) electrons. The highest BCUT2D eigenvalue weighted by molar-refractivity contribution is 7.86. The Bertz CT molecular complexity index is 2690. The fraction of sp³-hybridized carbons (Fsp3) is 0.333. The first kappa shape index (κ1) is 49.3. The third-order valence-corrected chi connectivity index (χ3v) is 10.3. The molecule has 0 fully saturated rings. The molecule has 3 amide bonds. The molecule has 0 spiro atoms. The number of carbonyl (C=O) groups excluding carboxylic acids is 4. The summed E-state index contributed by atoms with van der Waals surface area (Å²) in [6.07, 6.45) is -0.680. The minimum Gasteiger partial charge on any atom is -0.481 e. The molecule has 19 nitrogen and oxygen atoms in total. The van der Waals surface area contributed by atoms with E-state index >= 15 is 0 Å². The SMILES string of the molecule is CC(C)(C)OC(=O)Oc1ccc2c(-c3ccc(C(=O)NCc4ccc(CN)c(C(=O)NCCOCCOCCNC(=O)CCCC(=O)O)c4)cc3S(=O)(=O)O)c3ccc(=O)cc-3oc2c1. The maximum atomic E-state index is 13.5. The second kappa shape index (κ2) is 22.3. The number of aliphatic carboxylic acids is 1. The lowest BCUT2D eigenvalue weighted by atomic mass is 9.93. The van der Waals surface area contributed by atoms with Crippen LogP contribution < -0.4 is 31.8 Å². The Morgan fingerprint density at radius 1 is 0.785 bits per heavy atom. The van der Waals surface area contributed by atoms with Crippen LogP contribution in [0.4, 0.5) is 4.79 Å². The van der Waals surface area contributed by atoms with Gasteiger partial charge in [-0.05, 0) is 80.8 Å². The molecule has 3 aromatic carbocycles. The molecule has 0 unspecified atom stereocenters. The van der Waals surface area contributed by atoms with E-state index in [0.717, 1.165) is 6.07 Å². The number of carbonyl (C=O) groups is 5. The predicted molar refractivity (Wildman–Crippen MR) is 235 cm³/mol. The average molecular weight is 919 g/mol. The van der Waals surface area contributed by atoms with Crippen molar-refractivity contribution >= 4 is 50.9 Å². The fourth-order valence-electron chi connectivity index (χ4n) is 6.47. The first-order valence-electron chi connectivity index (χ1n) is 20.4. The molecule has 3 aromatic rings. The average Bonchev–Trinajstić information content (AvgIpc) is 3.23. The highest BCUT2D eigenvalue weighted by Crippen LogP contribution is 2.43. The Labute approximate surface area is 373 Å². The molecular weight excluding hydrogens is 869 g/mol. The third kappa shape index (κ3) is 14.4. The first-order valence-corrected chi connectivity index (χ1v) is 21.8. The number of ether oxygens (including phenoxy) is 4. The van der Waals surface area contributed by atoms with E-state index in [1.54, 1.807) is 39.0 Å². The van der Waals surface area contributed by atoms with Crippen LogP contribution >= 0.6 is 0 Å². The Morgan fingerprint density at radius 3 is 2.17 bits per heavy atom. The Balaban J connectivity index is 1.23. The van der Waals surface area contributed by atoms with E-state index < -0.39 is 50.0 Å². The summed E-state index contributed by atoms with van der Waals surface area (Å²) in [6, 6.07) is 16.8. The fourth-order valence-corrected chi connectivity index (χ4v) is 7.19. The van der Waals surface area contributed by atoms with Gasteiger partial charge in [0.15, 0.2) is 5.43 Å². The maximum Gasteiger partial charge on any atom is 0.514 e. The van der Waals surface area contributed by atoms with Gasteiger partial charge in [-0.3, -0.25) is 28.5 Å². The van der Waals surface area contributed by atoms with E-state index in [1.165, 1.54) is 48.5 Å². The number of hydrogen-bond donors (Lipinski definition) is 6. The van der Waals surface area contributed by atoms with E-state index in [1.807, 2.05) is 0 Å². The van der Waals surface area contributed by atoms with Gasteiger partial charge in [-0.1, -0.05) is 18.2 Å². The summed E-state index contributed by atoms with van der Waals surface area (Å²) in [5, 5.41) is 17.1. The normalized spacial score (nSPS) is 11.6. The monoisotopic (exact) mass is 918 g/mol. The molecule has 7 N–H and O–H groups in total. The standard InChI is InChI=1S/C45H50N4O15S/c1-45(2,3)64-44(56)62-31-11-14-33-37(24-31)63-36-23-30(50)10-13-32(36)41(33)34-12-9-28(22-38(34)65(57,58)59)42(54)49-26-27-7-8-29(25-46)35(21-27)43(55)48-16-18-61-20-19-60-17-15-47-39(51)5-4-6-40(52)53/h7-14,21-24H,4-6,15-20,25-26,46H2,1-3H3,(H,47,51)(H,48,55)(H,49,54)(H,52,53)(H,57,58,59). The quantitative estimate of drug-likeness (QED) is 0.0192. The van der Waals surface area contributed by atoms with Crippen molar-refractivity contribution in [2.45, 2.75) is 63.6 Å². The molecule has 5 rings (SSSR count). The van der Waals surface area contributed by atoms with Crippen LogP contribution in [0.1, 0.15) is 71.9 Å². The predicted octanol–water partition coefficient (Wildman–Crippen LogP) is 4.65. The second-order valence-corrected chi connectivity index (χ2v) is 16.9. The van der Waals surface area contributed by atoms with Crippen molar-refractivity contribution < 1.29 is 65.4 Å². The summed E-state index contributed by atoms with van der Waals surface area (Å²) >= 11 is 0. The van der Waals surface area contributed by atoms with Gasteiger partial charge < -0.3 is 50.2 Å². The third-order valence-electron chi connectivity index (χ3n) is 9.41. The number of nitrogens with one attached hydrogen (secondary N) is 3. The van der Waals surface area contributed by atoms with Crippen LogP contribution in [0.25, 0.3) is 33.4 Å². The summed E-state index contributed by atoms with van der Waals surface area (Å²) in [7, 11) is -4.99. The summed E-state index contributed by atoms with van der Waals surface area (Å²) < 4.78 is 63.9. The summed E-state index contributed by atoms with van der Waals surface area (Å²) in [6.45, 7) is 6.30. The molecule has 0 aromatic heterocycles. The number of carboxylic acid groups (broad SMARTS) is 1. The molecule has 20 heteroatoms. The van der Waals surface area contributed by atoms with Gasteiger partial charge in [-0.15, -0.1) is 0 Å². The van der Waals surface area contributed by atoms with Crippen LogP contribution in [0.3, 0.4) is 0 Å². The van der Waals surface area contributed by atoms with Gasteiger partial charge >= 0.3 is 12.1 Å². The van der Waals surface area contributed by atoms with Crippen molar-refractivity contribution in [1.29, 1.82) is 0 Å². The summed E-state index contributed by atoms with van der Waals surface area (Å²) in [5.74, 6) is -2.25. The van der Waals surface area contributed by atoms with E-state index in [2.05, 4.69) is 16.0 Å². The second-order valence-electron chi connectivity index (χ2n) is 15.5. The van der Waals surface area contributed by atoms with E-state index in [0.29, 0.717) is 22.1 Å². The molecule has 346 valence electrons. The molecule has 0 saturated heterocycles. The van der Waals surface area contributed by atoms with Gasteiger partial charge in [0.05, 0.1) is 26.4 Å². The molecule has 2 aliphatic rings. The molecule has 65 heavy (non-hydrogen) atoms. The zero-order valence-corrected chi connectivity index (χ0v) is 36.7. The van der Waals surface area contributed by atoms with Gasteiger partial charge in [0.25, 0.3) is 21.9 Å². The van der Waals surface area contributed by atoms with Crippen molar-refractivity contribution in [1.82, 2.24) is 16.0 Å². The molecular formula is C45H50N4O15S. The number of amides is 3. The van der Waals surface area contributed by atoms with Crippen LogP contribution in [0.2, 0.25) is 0 Å². The van der Waals surface area contributed by atoms with Crippen molar-refractivity contribution in [3.63, 3.8) is 0 Å². The van der Waals surface area contributed by atoms with E-state index in [-0.39, 0.29) is 117 Å². The smallest absolute Gasteiger partial charge is 0.481 e. The lowest BCUT2D eigenvalue weighted by molar-refractivity contribution is -0.137. The molecule has 0 atom stereocenters. The van der Waals surface area contributed by atoms with Crippen molar-refractivity contribution in [3.05, 3.63) is 105 Å². The summed E-state index contributed by atoms with van der Waals surface area (Å²) in [4.78, 5) is 73.0. The zero-order chi connectivity index (χ0) is 47.3. The van der Waals surface area contributed by atoms with Gasteiger partial charge in [-0.2, -0.15) is 8.42 Å². The van der Waals surface area contributed by atoms with Crippen LogP contribution in [-0.4, -0.2) is 93.0 Å². The molecule has 1 aliphatic heterocycles. The number of carboxylic acids is 1. The van der Waals surface area contributed by atoms with Crippen LogP contribution in [-0.2, 0) is 47.0 Å². The van der Waals surface area contributed by atoms with Crippen molar-refractivity contribution in [3.8, 4) is 28.2 Å². The lowest BCUT2D eigenvalue weighted by Crippen LogP contribution is -2.29. The highest BCUT2D eigenvalue weighted by Gasteiger charge is 2.26.